The van der Waals surface area contributed by atoms with Crippen molar-refractivity contribution in [2.75, 3.05) is 9.80 Å². The third kappa shape index (κ3) is 7.63. The molecular formula is C80H58N2. The molecule has 388 valence electrons. The molecule has 0 heterocycles. The summed E-state index contributed by atoms with van der Waals surface area (Å²) in [5.41, 5.74) is 25.6. The van der Waals surface area contributed by atoms with Gasteiger partial charge in [-0.15, -0.1) is 0 Å². The number of anilines is 6. The lowest BCUT2D eigenvalue weighted by Crippen LogP contribution is -2.28. The van der Waals surface area contributed by atoms with E-state index in [0.717, 1.165) is 39.7 Å². The summed E-state index contributed by atoms with van der Waals surface area (Å²) >= 11 is 0. The highest BCUT2D eigenvalue weighted by molar-refractivity contribution is 6.06. The average molecular weight is 1050 g/mol. The molecule has 13 aromatic carbocycles. The van der Waals surface area contributed by atoms with E-state index < -0.39 is 10.8 Å². The van der Waals surface area contributed by atoms with Gasteiger partial charge in [-0.3, -0.25) is 0 Å². The van der Waals surface area contributed by atoms with Gasteiger partial charge in [0.05, 0.1) is 16.5 Å². The third-order valence-electron chi connectivity index (χ3n) is 17.6. The first-order chi connectivity index (χ1) is 40.5. The van der Waals surface area contributed by atoms with Crippen LogP contribution in [0.25, 0.3) is 44.2 Å². The van der Waals surface area contributed by atoms with Crippen LogP contribution in [0.15, 0.2) is 315 Å². The quantitative estimate of drug-likeness (QED) is 0.127. The van der Waals surface area contributed by atoms with E-state index in [-0.39, 0.29) is 0 Å². The van der Waals surface area contributed by atoms with Gasteiger partial charge in [0, 0.05) is 33.8 Å². The molecular weight excluding hydrogens is 989 g/mol. The Morgan fingerprint density at radius 3 is 1.04 bits per heavy atom. The maximum Gasteiger partial charge on any atom is 0.0714 e. The molecule has 0 aliphatic heterocycles. The minimum Gasteiger partial charge on any atom is -0.310 e. The SMILES string of the molecule is Cc1ccc(N(c2ccc(-c3cccc4c(N(c5ccc(C)cc5)c5ccc6c(c5)C(c5ccccc5)(c5ccccc5)c5ccccc5-6)cccc34)cc2)c2ccc3c(c2)C(c2ccccc2)(c2ccccc2)c2ccccc2-3)cc1. The van der Waals surface area contributed by atoms with Crippen molar-refractivity contribution in [3.05, 3.63) is 371 Å². The zero-order valence-corrected chi connectivity index (χ0v) is 45.9. The lowest BCUT2D eigenvalue weighted by molar-refractivity contribution is 0.768. The number of fused-ring (bicyclic) bond motifs is 7. The van der Waals surface area contributed by atoms with Crippen LogP contribution in [0.1, 0.15) is 55.6 Å². The zero-order chi connectivity index (χ0) is 54.8. The van der Waals surface area contributed by atoms with Crippen LogP contribution in [0.3, 0.4) is 0 Å². The normalized spacial score (nSPS) is 13.2. The first-order valence-corrected chi connectivity index (χ1v) is 28.6. The number of nitrogens with zero attached hydrogens (tertiary/aromatic N) is 2. The summed E-state index contributed by atoms with van der Waals surface area (Å²) in [7, 11) is 0. The molecule has 2 nitrogen and oxygen atoms in total. The van der Waals surface area contributed by atoms with Crippen LogP contribution >= 0.6 is 0 Å². The van der Waals surface area contributed by atoms with E-state index in [0.29, 0.717) is 0 Å². The van der Waals surface area contributed by atoms with Gasteiger partial charge in [-0.2, -0.15) is 0 Å². The first-order valence-electron chi connectivity index (χ1n) is 28.6. The van der Waals surface area contributed by atoms with E-state index >= 15 is 0 Å². The minimum atomic E-state index is -0.530. The molecule has 0 N–H and O–H groups in total. The molecule has 15 rings (SSSR count). The van der Waals surface area contributed by atoms with Crippen molar-refractivity contribution in [1.29, 1.82) is 0 Å². The molecule has 0 unspecified atom stereocenters. The summed E-state index contributed by atoms with van der Waals surface area (Å²) in [5.74, 6) is 0. The van der Waals surface area contributed by atoms with Crippen molar-refractivity contribution in [2.24, 2.45) is 0 Å². The highest BCUT2D eigenvalue weighted by Gasteiger charge is 2.48. The van der Waals surface area contributed by atoms with Crippen LogP contribution in [0, 0.1) is 13.8 Å². The van der Waals surface area contributed by atoms with Crippen molar-refractivity contribution < 1.29 is 0 Å². The van der Waals surface area contributed by atoms with Crippen molar-refractivity contribution in [2.45, 2.75) is 24.7 Å². The fourth-order valence-electron chi connectivity index (χ4n) is 13.9. The zero-order valence-electron chi connectivity index (χ0n) is 45.9. The van der Waals surface area contributed by atoms with E-state index in [1.54, 1.807) is 0 Å². The Morgan fingerprint density at radius 1 is 0.232 bits per heavy atom. The number of hydrogen-bond acceptors (Lipinski definition) is 2. The number of benzene rings is 13. The Hall–Kier alpha value is -10.3. The Labute approximate surface area is 481 Å². The maximum atomic E-state index is 2.47. The highest BCUT2D eigenvalue weighted by Crippen LogP contribution is 2.59. The lowest BCUT2D eigenvalue weighted by atomic mass is 9.67. The number of hydrogen-bond donors (Lipinski definition) is 0. The van der Waals surface area contributed by atoms with Crippen molar-refractivity contribution >= 4 is 44.9 Å². The van der Waals surface area contributed by atoms with Gasteiger partial charge in [0.15, 0.2) is 0 Å². The highest BCUT2D eigenvalue weighted by atomic mass is 15.1. The van der Waals surface area contributed by atoms with Crippen LogP contribution in [0.2, 0.25) is 0 Å². The second kappa shape index (κ2) is 19.8. The second-order valence-corrected chi connectivity index (χ2v) is 22.1. The predicted octanol–water partition coefficient (Wildman–Crippen LogP) is 20.8. The van der Waals surface area contributed by atoms with Gasteiger partial charge in [-0.25, -0.2) is 0 Å². The van der Waals surface area contributed by atoms with Gasteiger partial charge in [0.2, 0.25) is 0 Å². The third-order valence-corrected chi connectivity index (χ3v) is 17.6. The molecule has 82 heavy (non-hydrogen) atoms. The summed E-state index contributed by atoms with van der Waals surface area (Å²) < 4.78 is 0. The largest absolute Gasteiger partial charge is 0.310 e. The molecule has 0 atom stereocenters. The van der Waals surface area contributed by atoms with E-state index in [1.165, 1.54) is 94.2 Å². The van der Waals surface area contributed by atoms with Gasteiger partial charge < -0.3 is 9.80 Å². The van der Waals surface area contributed by atoms with Gasteiger partial charge in [0.1, 0.15) is 0 Å². The topological polar surface area (TPSA) is 6.48 Å². The van der Waals surface area contributed by atoms with Crippen LogP contribution in [-0.2, 0) is 10.8 Å². The molecule has 2 heteroatoms. The molecule has 0 fully saturated rings. The summed E-state index contributed by atoms with van der Waals surface area (Å²) in [4.78, 5) is 4.89. The van der Waals surface area contributed by atoms with E-state index in [1.807, 2.05) is 0 Å². The molecule has 2 aliphatic rings. The molecule has 0 saturated carbocycles. The fourth-order valence-corrected chi connectivity index (χ4v) is 13.9. The van der Waals surface area contributed by atoms with Crippen molar-refractivity contribution in [3.63, 3.8) is 0 Å². The predicted molar refractivity (Wildman–Crippen MR) is 343 cm³/mol. The molecule has 0 amide bonds. The van der Waals surface area contributed by atoms with Crippen molar-refractivity contribution in [1.82, 2.24) is 0 Å². The maximum absolute atomic E-state index is 2.47. The van der Waals surface area contributed by atoms with Crippen molar-refractivity contribution in [3.8, 4) is 33.4 Å². The fraction of sp³-hybridized carbons (Fsp3) is 0.0500. The molecule has 13 aromatic rings. The average Bonchev–Trinajstić information content (AvgIpc) is 2.02. The minimum absolute atomic E-state index is 0.517. The van der Waals surface area contributed by atoms with Crippen LogP contribution in [0.4, 0.5) is 34.1 Å². The van der Waals surface area contributed by atoms with Crippen LogP contribution in [0.5, 0.6) is 0 Å². The van der Waals surface area contributed by atoms with Gasteiger partial charge in [-0.1, -0.05) is 260 Å². The number of rotatable bonds is 11. The summed E-state index contributed by atoms with van der Waals surface area (Å²) in [6.07, 6.45) is 0. The lowest BCUT2D eigenvalue weighted by Gasteiger charge is -2.35. The van der Waals surface area contributed by atoms with E-state index in [2.05, 4.69) is 339 Å². The number of aryl methyl sites for hydroxylation is 2. The standard InChI is InChI=1S/C80H58N2/c1-55-37-43-62(44-38-55)81(65-49-51-71-69-29-15-17-34-74(69)79(76(71)53-65,58-21-7-3-8-22-58)59-23-9-4-10-24-59)63-47-41-57(42-48-63)67-31-19-33-73-68(67)32-20-36-78(73)82(64-45-39-56(2)40-46-64)66-50-52-72-70-30-16-18-35-75(70)80(77(72)54-66,60-25-11-5-12-26-60)61-27-13-6-14-28-61/h3-54H,1-2H3. The summed E-state index contributed by atoms with van der Waals surface area (Å²) in [6.45, 7) is 4.32. The van der Waals surface area contributed by atoms with Gasteiger partial charge >= 0.3 is 0 Å². The molecule has 0 spiro atoms. The molecule has 0 aromatic heterocycles. The molecule has 0 radical (unpaired) electrons. The molecule has 0 bridgehead atoms. The van der Waals surface area contributed by atoms with E-state index in [9.17, 15) is 0 Å². The van der Waals surface area contributed by atoms with Crippen LogP contribution < -0.4 is 9.80 Å². The Kier molecular flexibility index (Phi) is 11.8. The Morgan fingerprint density at radius 2 is 0.573 bits per heavy atom. The summed E-state index contributed by atoms with van der Waals surface area (Å²) in [6, 6.07) is 117. The summed E-state index contributed by atoms with van der Waals surface area (Å²) in [5, 5.41) is 2.36. The monoisotopic (exact) mass is 1050 g/mol. The Balaban J connectivity index is 0.864. The van der Waals surface area contributed by atoms with Gasteiger partial charge in [0.25, 0.3) is 0 Å². The Bertz CT molecular complexity index is 4410. The van der Waals surface area contributed by atoms with E-state index in [4.69, 9.17) is 0 Å². The smallest absolute Gasteiger partial charge is 0.0714 e. The van der Waals surface area contributed by atoms with Gasteiger partial charge in [-0.05, 0) is 164 Å². The molecule has 0 saturated heterocycles. The second-order valence-electron chi connectivity index (χ2n) is 22.1. The molecule has 2 aliphatic carbocycles. The first kappa shape index (κ1) is 48.8. The van der Waals surface area contributed by atoms with Crippen LogP contribution in [-0.4, -0.2) is 0 Å².